The van der Waals surface area contributed by atoms with Crippen LogP contribution >= 0.6 is 23.4 Å². The third-order valence-corrected chi connectivity index (χ3v) is 4.76. The van der Waals surface area contributed by atoms with Gasteiger partial charge < -0.3 is 0 Å². The van der Waals surface area contributed by atoms with Gasteiger partial charge in [-0.15, -0.1) is 5.10 Å². The van der Waals surface area contributed by atoms with E-state index >= 15 is 0 Å². The average molecular weight is 309 g/mol. The van der Waals surface area contributed by atoms with Crippen LogP contribution in [0.25, 0.3) is 5.69 Å². The van der Waals surface area contributed by atoms with E-state index in [1.807, 2.05) is 12.1 Å². The van der Waals surface area contributed by atoms with Crippen LogP contribution in [0.15, 0.2) is 29.4 Å². The highest BCUT2D eigenvalue weighted by Crippen LogP contribution is 2.31. The molecule has 0 N–H and O–H groups in total. The smallest absolute Gasteiger partial charge is 0.214 e. The molecule has 1 fully saturated rings. The Morgan fingerprint density at radius 2 is 2.05 bits per heavy atom. The van der Waals surface area contributed by atoms with Gasteiger partial charge in [0.2, 0.25) is 5.16 Å². The zero-order chi connectivity index (χ0) is 13.9. The molecule has 1 unspecified atom stereocenters. The molecule has 1 heterocycles. The van der Waals surface area contributed by atoms with E-state index in [2.05, 4.69) is 15.5 Å². The van der Waals surface area contributed by atoms with Gasteiger partial charge in [-0.25, -0.2) is 0 Å². The predicted molar refractivity (Wildman–Crippen MR) is 77.3 cm³/mol. The van der Waals surface area contributed by atoms with E-state index in [0.717, 1.165) is 24.9 Å². The first kappa shape index (κ1) is 13.6. The number of carbonyl (C=O) groups excluding carboxylic acids is 1. The van der Waals surface area contributed by atoms with Crippen molar-refractivity contribution in [2.24, 2.45) is 0 Å². The molecule has 0 spiro atoms. The minimum Gasteiger partial charge on any atom is -0.298 e. The SMILES string of the molecule is O=C1CCCCC1Sc1nnnn1-c1ccc(Cl)cc1. The third kappa shape index (κ3) is 2.86. The Bertz CT molecular complexity index is 613. The molecule has 1 aliphatic rings. The molecule has 3 rings (SSSR count). The van der Waals surface area contributed by atoms with Crippen LogP contribution < -0.4 is 0 Å². The number of nitrogens with zero attached hydrogens (tertiary/aromatic N) is 4. The molecule has 1 aliphatic carbocycles. The summed E-state index contributed by atoms with van der Waals surface area (Å²) in [6.45, 7) is 0. The van der Waals surface area contributed by atoms with Crippen molar-refractivity contribution in [2.75, 3.05) is 0 Å². The first-order valence-electron chi connectivity index (χ1n) is 6.48. The average Bonchev–Trinajstić information content (AvgIpc) is 2.90. The molecule has 2 aromatic rings. The summed E-state index contributed by atoms with van der Waals surface area (Å²) in [4.78, 5) is 11.9. The fourth-order valence-corrected chi connectivity index (χ4v) is 3.44. The Morgan fingerprint density at radius 3 is 2.80 bits per heavy atom. The second-order valence-corrected chi connectivity index (χ2v) is 6.27. The lowest BCUT2D eigenvalue weighted by molar-refractivity contribution is -0.119. The van der Waals surface area contributed by atoms with E-state index in [4.69, 9.17) is 11.6 Å². The lowest BCUT2D eigenvalue weighted by Gasteiger charge is -2.18. The van der Waals surface area contributed by atoms with Gasteiger partial charge in [-0.3, -0.25) is 4.79 Å². The standard InChI is InChI=1S/C13H13ClN4OS/c14-9-5-7-10(8-6-9)18-13(15-16-17-18)20-12-4-2-1-3-11(12)19/h5-8,12H,1-4H2. The summed E-state index contributed by atoms with van der Waals surface area (Å²) >= 11 is 7.33. The minimum absolute atomic E-state index is 0.0270. The first-order valence-corrected chi connectivity index (χ1v) is 7.73. The highest BCUT2D eigenvalue weighted by molar-refractivity contribution is 8.00. The Morgan fingerprint density at radius 1 is 1.25 bits per heavy atom. The van der Waals surface area contributed by atoms with Gasteiger partial charge in [0.1, 0.15) is 5.78 Å². The molecule has 0 radical (unpaired) electrons. The molecule has 1 aromatic heterocycles. The van der Waals surface area contributed by atoms with Gasteiger partial charge in [-0.2, -0.15) is 4.68 Å². The highest BCUT2D eigenvalue weighted by Gasteiger charge is 2.25. The molecule has 1 saturated carbocycles. The van der Waals surface area contributed by atoms with Crippen LogP contribution in [-0.4, -0.2) is 31.2 Å². The van der Waals surface area contributed by atoms with Crippen molar-refractivity contribution in [3.05, 3.63) is 29.3 Å². The van der Waals surface area contributed by atoms with Gasteiger partial charge in [-0.1, -0.05) is 29.8 Å². The number of thioether (sulfide) groups is 1. The second kappa shape index (κ2) is 5.93. The fraction of sp³-hybridized carbons (Fsp3) is 0.385. The van der Waals surface area contributed by atoms with E-state index < -0.39 is 0 Å². The Hall–Kier alpha value is -1.40. The van der Waals surface area contributed by atoms with E-state index in [0.29, 0.717) is 22.4 Å². The Kier molecular flexibility index (Phi) is 4.03. The molecule has 0 aliphatic heterocycles. The molecule has 7 heteroatoms. The van der Waals surface area contributed by atoms with Crippen molar-refractivity contribution in [3.63, 3.8) is 0 Å². The highest BCUT2D eigenvalue weighted by atomic mass is 35.5. The Balaban J connectivity index is 1.83. The zero-order valence-corrected chi connectivity index (χ0v) is 12.3. The predicted octanol–water partition coefficient (Wildman–Crippen LogP) is 2.92. The van der Waals surface area contributed by atoms with Crippen LogP contribution in [0.5, 0.6) is 0 Å². The van der Waals surface area contributed by atoms with Gasteiger partial charge in [0.25, 0.3) is 0 Å². The van der Waals surface area contributed by atoms with Crippen molar-refractivity contribution < 1.29 is 4.79 Å². The molecule has 0 amide bonds. The number of benzene rings is 1. The van der Waals surface area contributed by atoms with Gasteiger partial charge in [0.05, 0.1) is 10.9 Å². The lowest BCUT2D eigenvalue weighted by Crippen LogP contribution is -2.21. The summed E-state index contributed by atoms with van der Waals surface area (Å²) in [6.07, 6.45) is 3.65. The normalized spacial score (nSPS) is 19.2. The van der Waals surface area contributed by atoms with Crippen molar-refractivity contribution >= 4 is 29.1 Å². The van der Waals surface area contributed by atoms with Crippen molar-refractivity contribution in [1.29, 1.82) is 0 Å². The van der Waals surface area contributed by atoms with Crippen molar-refractivity contribution in [3.8, 4) is 5.69 Å². The van der Waals surface area contributed by atoms with Crippen molar-refractivity contribution in [1.82, 2.24) is 20.2 Å². The lowest BCUT2D eigenvalue weighted by atomic mass is 9.99. The second-order valence-electron chi connectivity index (χ2n) is 4.67. The number of carbonyl (C=O) groups is 1. The largest absolute Gasteiger partial charge is 0.298 e. The number of halogens is 1. The number of hydrogen-bond acceptors (Lipinski definition) is 5. The quantitative estimate of drug-likeness (QED) is 0.872. The van der Waals surface area contributed by atoms with Crippen LogP contribution in [0.4, 0.5) is 0 Å². The minimum atomic E-state index is -0.0270. The van der Waals surface area contributed by atoms with Gasteiger partial charge >= 0.3 is 0 Å². The molecule has 1 aromatic carbocycles. The van der Waals surface area contributed by atoms with Gasteiger partial charge in [-0.05, 0) is 47.5 Å². The number of hydrogen-bond donors (Lipinski definition) is 0. The van der Waals surface area contributed by atoms with Crippen LogP contribution in [0.1, 0.15) is 25.7 Å². The molecule has 20 heavy (non-hydrogen) atoms. The Labute approximate surface area is 125 Å². The number of aromatic nitrogens is 4. The van der Waals surface area contributed by atoms with E-state index in [1.165, 1.54) is 11.8 Å². The summed E-state index contributed by atoms with van der Waals surface area (Å²) in [5.41, 5.74) is 0.838. The van der Waals surface area contributed by atoms with Crippen molar-refractivity contribution in [2.45, 2.75) is 36.1 Å². The maximum atomic E-state index is 11.9. The number of tetrazole rings is 1. The molecule has 0 saturated heterocycles. The first-order chi connectivity index (χ1) is 9.74. The third-order valence-electron chi connectivity index (χ3n) is 3.26. The summed E-state index contributed by atoms with van der Waals surface area (Å²) < 4.78 is 1.64. The summed E-state index contributed by atoms with van der Waals surface area (Å²) in [7, 11) is 0. The zero-order valence-electron chi connectivity index (χ0n) is 10.7. The van der Waals surface area contributed by atoms with E-state index in [1.54, 1.807) is 16.8 Å². The molecule has 5 nitrogen and oxygen atoms in total. The molecular weight excluding hydrogens is 296 g/mol. The molecule has 104 valence electrons. The summed E-state index contributed by atoms with van der Waals surface area (Å²) in [5.74, 6) is 0.298. The van der Waals surface area contributed by atoms with E-state index in [-0.39, 0.29) is 5.25 Å². The maximum absolute atomic E-state index is 11.9. The number of rotatable bonds is 3. The van der Waals surface area contributed by atoms with Gasteiger partial charge in [0.15, 0.2) is 0 Å². The summed E-state index contributed by atoms with van der Waals surface area (Å²) in [5, 5.41) is 13.0. The van der Waals surface area contributed by atoms with Crippen LogP contribution in [0.3, 0.4) is 0 Å². The monoisotopic (exact) mass is 308 g/mol. The van der Waals surface area contributed by atoms with Crippen LogP contribution in [0.2, 0.25) is 5.02 Å². The molecule has 0 bridgehead atoms. The molecule has 1 atom stereocenters. The maximum Gasteiger partial charge on any atom is 0.214 e. The van der Waals surface area contributed by atoms with Gasteiger partial charge in [0, 0.05) is 11.4 Å². The van der Waals surface area contributed by atoms with Crippen LogP contribution in [0, 0.1) is 0 Å². The van der Waals surface area contributed by atoms with Crippen LogP contribution in [-0.2, 0) is 4.79 Å². The van der Waals surface area contributed by atoms with E-state index in [9.17, 15) is 4.79 Å². The molecular formula is C13H13ClN4OS. The number of ketones is 1. The number of Topliss-reactive ketones (excluding diaryl/α,β-unsaturated/α-hetero) is 1. The summed E-state index contributed by atoms with van der Waals surface area (Å²) in [6, 6.07) is 7.29. The fourth-order valence-electron chi connectivity index (χ4n) is 2.20. The topological polar surface area (TPSA) is 60.7 Å².